The second kappa shape index (κ2) is 7.65. The zero-order valence-electron chi connectivity index (χ0n) is 13.1. The molecule has 0 radical (unpaired) electrons. The maximum absolute atomic E-state index is 5.28. The van der Waals surface area contributed by atoms with E-state index in [0.717, 1.165) is 24.9 Å². The van der Waals surface area contributed by atoms with Crippen LogP contribution in [0.4, 0.5) is 0 Å². The predicted molar refractivity (Wildman–Crippen MR) is 84.2 cm³/mol. The number of likely N-dealkylation sites (N-methyl/N-ethyl adjacent to an activating group) is 1. The average Bonchev–Trinajstić information content (AvgIpc) is 2.98. The molecule has 20 heavy (non-hydrogen) atoms. The molecule has 3 heteroatoms. The zero-order valence-corrected chi connectivity index (χ0v) is 13.1. The third kappa shape index (κ3) is 4.50. The molecule has 1 unspecified atom stereocenters. The average molecular weight is 276 g/mol. The van der Waals surface area contributed by atoms with E-state index < -0.39 is 0 Å². The van der Waals surface area contributed by atoms with Gasteiger partial charge in [0, 0.05) is 25.2 Å². The van der Waals surface area contributed by atoms with Gasteiger partial charge < -0.3 is 10.1 Å². The highest BCUT2D eigenvalue weighted by Crippen LogP contribution is 2.18. The third-order valence-corrected chi connectivity index (χ3v) is 4.38. The lowest BCUT2D eigenvalue weighted by Gasteiger charge is -2.26. The van der Waals surface area contributed by atoms with Gasteiger partial charge in [-0.15, -0.1) is 0 Å². The van der Waals surface area contributed by atoms with Gasteiger partial charge in [-0.05, 0) is 44.5 Å². The molecular formula is C17H28N2O. The van der Waals surface area contributed by atoms with Crippen molar-refractivity contribution in [1.29, 1.82) is 0 Å². The normalized spacial score (nSPS) is 17.6. The van der Waals surface area contributed by atoms with Crippen LogP contribution in [0.2, 0.25) is 0 Å². The maximum atomic E-state index is 5.28. The van der Waals surface area contributed by atoms with Crippen LogP contribution >= 0.6 is 0 Å². The standard InChI is InChI=1S/C17H28N2O/c1-14(12-18-16-8-4-5-9-16)19(2)13-15-7-6-10-17(11-15)20-3/h6-7,10-11,14,16,18H,4-5,8-9,12-13H2,1-3H3. The van der Waals surface area contributed by atoms with E-state index in [4.69, 9.17) is 4.74 Å². The van der Waals surface area contributed by atoms with Gasteiger partial charge in [-0.1, -0.05) is 25.0 Å². The van der Waals surface area contributed by atoms with Crippen LogP contribution in [0, 0.1) is 0 Å². The Kier molecular flexibility index (Phi) is 5.86. The van der Waals surface area contributed by atoms with Crippen LogP contribution in [-0.2, 0) is 6.54 Å². The lowest BCUT2D eigenvalue weighted by molar-refractivity contribution is 0.237. The number of methoxy groups -OCH3 is 1. The van der Waals surface area contributed by atoms with Crippen molar-refractivity contribution in [1.82, 2.24) is 10.2 Å². The Morgan fingerprint density at radius 2 is 2.10 bits per heavy atom. The van der Waals surface area contributed by atoms with Crippen molar-refractivity contribution in [3.05, 3.63) is 29.8 Å². The Hall–Kier alpha value is -1.06. The number of benzene rings is 1. The summed E-state index contributed by atoms with van der Waals surface area (Å²) in [5.41, 5.74) is 1.31. The summed E-state index contributed by atoms with van der Waals surface area (Å²) >= 11 is 0. The van der Waals surface area contributed by atoms with E-state index in [1.54, 1.807) is 7.11 Å². The van der Waals surface area contributed by atoms with Crippen LogP contribution < -0.4 is 10.1 Å². The molecule has 1 aliphatic rings. The molecular weight excluding hydrogens is 248 g/mol. The van der Waals surface area contributed by atoms with Gasteiger partial charge in [-0.2, -0.15) is 0 Å². The largest absolute Gasteiger partial charge is 0.497 e. The second-order valence-electron chi connectivity index (χ2n) is 6.01. The summed E-state index contributed by atoms with van der Waals surface area (Å²) in [7, 11) is 3.91. The second-order valence-corrected chi connectivity index (χ2v) is 6.01. The fourth-order valence-electron chi connectivity index (χ4n) is 2.84. The van der Waals surface area contributed by atoms with E-state index in [0.29, 0.717) is 6.04 Å². The first-order chi connectivity index (χ1) is 9.69. The molecule has 0 aromatic heterocycles. The van der Waals surface area contributed by atoms with Crippen molar-refractivity contribution in [2.75, 3.05) is 20.7 Å². The molecule has 0 heterocycles. The molecule has 1 aromatic rings. The van der Waals surface area contributed by atoms with Crippen LogP contribution in [0.25, 0.3) is 0 Å². The van der Waals surface area contributed by atoms with Gasteiger partial charge in [0.2, 0.25) is 0 Å². The van der Waals surface area contributed by atoms with E-state index in [-0.39, 0.29) is 0 Å². The zero-order chi connectivity index (χ0) is 14.4. The molecule has 2 rings (SSSR count). The van der Waals surface area contributed by atoms with Crippen LogP contribution in [0.15, 0.2) is 24.3 Å². The first kappa shape index (κ1) is 15.3. The molecule has 0 bridgehead atoms. The topological polar surface area (TPSA) is 24.5 Å². The van der Waals surface area contributed by atoms with Crippen LogP contribution in [0.3, 0.4) is 0 Å². The van der Waals surface area contributed by atoms with Crippen molar-refractivity contribution >= 4 is 0 Å². The Balaban J connectivity index is 1.78. The molecule has 1 atom stereocenters. The first-order valence-electron chi connectivity index (χ1n) is 7.75. The number of hydrogen-bond donors (Lipinski definition) is 1. The quantitative estimate of drug-likeness (QED) is 0.828. The van der Waals surface area contributed by atoms with E-state index >= 15 is 0 Å². The summed E-state index contributed by atoms with van der Waals surface area (Å²) in [6.07, 6.45) is 5.50. The summed E-state index contributed by atoms with van der Waals surface area (Å²) in [6.45, 7) is 4.33. The van der Waals surface area contributed by atoms with Gasteiger partial charge in [0.25, 0.3) is 0 Å². The van der Waals surface area contributed by atoms with Gasteiger partial charge in [-0.3, -0.25) is 4.90 Å². The van der Waals surface area contributed by atoms with Crippen LogP contribution in [-0.4, -0.2) is 37.7 Å². The van der Waals surface area contributed by atoms with Crippen molar-refractivity contribution in [3.63, 3.8) is 0 Å². The summed E-state index contributed by atoms with van der Waals surface area (Å²) in [5.74, 6) is 0.938. The fraction of sp³-hybridized carbons (Fsp3) is 0.647. The van der Waals surface area contributed by atoms with E-state index in [1.807, 2.05) is 6.07 Å². The molecule has 112 valence electrons. The Labute approximate surface area is 123 Å². The smallest absolute Gasteiger partial charge is 0.119 e. The summed E-state index contributed by atoms with van der Waals surface area (Å²) < 4.78 is 5.28. The summed E-state index contributed by atoms with van der Waals surface area (Å²) in [5, 5.41) is 3.70. The van der Waals surface area contributed by atoms with Gasteiger partial charge in [0.05, 0.1) is 7.11 Å². The lowest BCUT2D eigenvalue weighted by atomic mass is 10.1. The van der Waals surface area contributed by atoms with Gasteiger partial charge >= 0.3 is 0 Å². The highest BCUT2D eigenvalue weighted by atomic mass is 16.5. The molecule has 0 spiro atoms. The molecule has 0 amide bonds. The highest BCUT2D eigenvalue weighted by molar-refractivity contribution is 5.28. The van der Waals surface area contributed by atoms with E-state index in [1.165, 1.54) is 31.2 Å². The number of nitrogens with one attached hydrogen (secondary N) is 1. The lowest BCUT2D eigenvalue weighted by Crippen LogP contribution is -2.40. The van der Waals surface area contributed by atoms with Gasteiger partial charge in [0.15, 0.2) is 0 Å². The molecule has 1 N–H and O–H groups in total. The number of hydrogen-bond acceptors (Lipinski definition) is 3. The SMILES string of the molecule is COc1cccc(CN(C)C(C)CNC2CCCC2)c1. The minimum Gasteiger partial charge on any atom is -0.497 e. The minimum absolute atomic E-state index is 0.543. The monoisotopic (exact) mass is 276 g/mol. The Morgan fingerprint density at radius 1 is 1.35 bits per heavy atom. The molecule has 1 aliphatic carbocycles. The van der Waals surface area contributed by atoms with Crippen LogP contribution in [0.5, 0.6) is 5.75 Å². The molecule has 0 saturated heterocycles. The maximum Gasteiger partial charge on any atom is 0.119 e. The van der Waals surface area contributed by atoms with Crippen molar-refractivity contribution in [2.45, 2.75) is 51.2 Å². The van der Waals surface area contributed by atoms with Crippen molar-refractivity contribution < 1.29 is 4.74 Å². The molecule has 3 nitrogen and oxygen atoms in total. The third-order valence-electron chi connectivity index (χ3n) is 4.38. The van der Waals surface area contributed by atoms with Crippen molar-refractivity contribution in [2.24, 2.45) is 0 Å². The first-order valence-corrected chi connectivity index (χ1v) is 7.75. The molecule has 1 fully saturated rings. The molecule has 1 aromatic carbocycles. The number of ether oxygens (including phenoxy) is 1. The highest BCUT2D eigenvalue weighted by Gasteiger charge is 2.16. The Morgan fingerprint density at radius 3 is 2.80 bits per heavy atom. The minimum atomic E-state index is 0.543. The number of nitrogens with zero attached hydrogens (tertiary/aromatic N) is 1. The number of rotatable bonds is 7. The van der Waals surface area contributed by atoms with Gasteiger partial charge in [0.1, 0.15) is 5.75 Å². The van der Waals surface area contributed by atoms with Gasteiger partial charge in [-0.25, -0.2) is 0 Å². The molecule has 0 aliphatic heterocycles. The summed E-state index contributed by atoms with van der Waals surface area (Å²) in [4.78, 5) is 2.40. The summed E-state index contributed by atoms with van der Waals surface area (Å²) in [6, 6.07) is 9.63. The van der Waals surface area contributed by atoms with Crippen LogP contribution in [0.1, 0.15) is 38.2 Å². The van der Waals surface area contributed by atoms with E-state index in [2.05, 4.69) is 42.4 Å². The fourth-order valence-corrected chi connectivity index (χ4v) is 2.84. The predicted octanol–water partition coefficient (Wildman–Crippen LogP) is 3.05. The van der Waals surface area contributed by atoms with E-state index in [9.17, 15) is 0 Å². The Bertz CT molecular complexity index is 402. The molecule has 1 saturated carbocycles. The van der Waals surface area contributed by atoms with Crippen molar-refractivity contribution in [3.8, 4) is 5.75 Å².